The molecule has 3 aromatic carbocycles. The topological polar surface area (TPSA) is 102 Å². The van der Waals surface area contributed by atoms with Crippen LogP contribution < -0.4 is 10.6 Å². The summed E-state index contributed by atoms with van der Waals surface area (Å²) in [6, 6.07) is 18.1. The zero-order valence-electron chi connectivity index (χ0n) is 17.9. The van der Waals surface area contributed by atoms with Crippen LogP contribution in [0, 0.1) is 11.6 Å². The Morgan fingerprint density at radius 1 is 0.882 bits per heavy atom. The molecule has 0 unspecified atom stereocenters. The van der Waals surface area contributed by atoms with Crippen molar-refractivity contribution in [2.75, 3.05) is 11.9 Å². The van der Waals surface area contributed by atoms with Crippen LogP contribution in [0.1, 0.15) is 15.9 Å². The van der Waals surface area contributed by atoms with Crippen molar-refractivity contribution in [3.8, 4) is 11.4 Å². The Kier molecular flexibility index (Phi) is 6.97. The van der Waals surface area contributed by atoms with Crippen LogP contribution in [0.2, 0.25) is 0 Å². The SMILES string of the molecule is O=C(Cn1nnc(-c2ccccc2NC(=O)c2ccc(F)cc2)n1)NCCc1ccc(F)cc1. The summed E-state index contributed by atoms with van der Waals surface area (Å²) in [7, 11) is 0. The Hall–Kier alpha value is -4.47. The van der Waals surface area contributed by atoms with E-state index in [-0.39, 0.29) is 24.1 Å². The molecule has 0 aliphatic heterocycles. The maximum atomic E-state index is 13.1. The van der Waals surface area contributed by atoms with Crippen LogP contribution in [-0.4, -0.2) is 38.6 Å². The highest BCUT2D eigenvalue weighted by Gasteiger charge is 2.15. The zero-order chi connectivity index (χ0) is 23.9. The van der Waals surface area contributed by atoms with Gasteiger partial charge in [0, 0.05) is 17.7 Å². The van der Waals surface area contributed by atoms with Gasteiger partial charge in [-0.05, 0) is 65.7 Å². The van der Waals surface area contributed by atoms with Gasteiger partial charge in [-0.3, -0.25) is 9.59 Å². The van der Waals surface area contributed by atoms with Crippen molar-refractivity contribution in [2.24, 2.45) is 0 Å². The van der Waals surface area contributed by atoms with E-state index in [1.54, 1.807) is 36.4 Å². The molecule has 4 rings (SSSR count). The first-order valence-electron chi connectivity index (χ1n) is 10.4. The van der Waals surface area contributed by atoms with Crippen LogP contribution in [-0.2, 0) is 17.8 Å². The number of tetrazole rings is 1. The van der Waals surface area contributed by atoms with Gasteiger partial charge in [0.1, 0.15) is 18.2 Å². The van der Waals surface area contributed by atoms with Gasteiger partial charge in [-0.25, -0.2) is 8.78 Å². The van der Waals surface area contributed by atoms with Crippen LogP contribution in [0.25, 0.3) is 11.4 Å². The number of rotatable bonds is 8. The van der Waals surface area contributed by atoms with Gasteiger partial charge >= 0.3 is 0 Å². The summed E-state index contributed by atoms with van der Waals surface area (Å²) in [5.41, 5.74) is 2.16. The Bertz CT molecular complexity index is 1290. The van der Waals surface area contributed by atoms with Gasteiger partial charge in [-0.2, -0.15) is 4.80 Å². The van der Waals surface area contributed by atoms with Gasteiger partial charge in [0.15, 0.2) is 0 Å². The Morgan fingerprint density at radius 2 is 1.56 bits per heavy atom. The van der Waals surface area contributed by atoms with Crippen molar-refractivity contribution in [3.63, 3.8) is 0 Å². The van der Waals surface area contributed by atoms with Crippen molar-refractivity contribution >= 4 is 17.5 Å². The minimum Gasteiger partial charge on any atom is -0.354 e. The summed E-state index contributed by atoms with van der Waals surface area (Å²) in [4.78, 5) is 25.9. The lowest BCUT2D eigenvalue weighted by atomic mass is 10.1. The molecule has 1 aromatic heterocycles. The lowest BCUT2D eigenvalue weighted by molar-refractivity contribution is -0.122. The summed E-state index contributed by atoms with van der Waals surface area (Å²) >= 11 is 0. The molecule has 0 spiro atoms. The zero-order valence-corrected chi connectivity index (χ0v) is 17.9. The molecule has 2 amide bonds. The van der Waals surface area contributed by atoms with Gasteiger partial charge in [0.2, 0.25) is 11.7 Å². The van der Waals surface area contributed by atoms with Gasteiger partial charge in [0.05, 0.1) is 5.69 Å². The van der Waals surface area contributed by atoms with E-state index in [1.165, 1.54) is 36.4 Å². The van der Waals surface area contributed by atoms with E-state index >= 15 is 0 Å². The van der Waals surface area contributed by atoms with E-state index in [1.807, 2.05) is 0 Å². The third-order valence-corrected chi connectivity index (χ3v) is 4.91. The molecule has 0 aliphatic carbocycles. The van der Waals surface area contributed by atoms with E-state index in [9.17, 15) is 18.4 Å². The second-order valence-electron chi connectivity index (χ2n) is 7.38. The molecule has 1 heterocycles. The molecule has 2 N–H and O–H groups in total. The van der Waals surface area contributed by atoms with Gasteiger partial charge in [-0.1, -0.05) is 24.3 Å². The molecule has 34 heavy (non-hydrogen) atoms. The second kappa shape index (κ2) is 10.4. The van der Waals surface area contributed by atoms with Gasteiger partial charge in [0.25, 0.3) is 5.91 Å². The number of carbonyl (C=O) groups is 2. The van der Waals surface area contributed by atoms with E-state index in [2.05, 4.69) is 26.0 Å². The van der Waals surface area contributed by atoms with Crippen LogP contribution in [0.3, 0.4) is 0 Å². The predicted molar refractivity (Wildman–Crippen MR) is 121 cm³/mol. The average Bonchev–Trinajstić information content (AvgIpc) is 3.29. The van der Waals surface area contributed by atoms with E-state index in [0.717, 1.165) is 10.4 Å². The van der Waals surface area contributed by atoms with Crippen LogP contribution in [0.15, 0.2) is 72.8 Å². The molecule has 0 radical (unpaired) electrons. The number of benzene rings is 3. The standard InChI is InChI=1S/C24H20F2N6O2/c25-18-9-5-16(6-10-18)13-14-27-22(33)15-32-30-23(29-31-32)20-3-1-2-4-21(20)28-24(34)17-7-11-19(26)12-8-17/h1-12H,13-15H2,(H,27,33)(H,28,34). The monoisotopic (exact) mass is 462 g/mol. The molecule has 0 saturated carbocycles. The number of para-hydroxylation sites is 1. The normalized spacial score (nSPS) is 10.6. The number of amides is 2. The maximum Gasteiger partial charge on any atom is 0.255 e. The molecular weight excluding hydrogens is 442 g/mol. The quantitative estimate of drug-likeness (QED) is 0.419. The molecule has 0 aliphatic rings. The minimum atomic E-state index is -0.433. The minimum absolute atomic E-state index is 0.138. The van der Waals surface area contributed by atoms with Crippen molar-refractivity contribution < 1.29 is 18.4 Å². The number of carbonyl (C=O) groups excluding carboxylic acids is 2. The maximum absolute atomic E-state index is 13.1. The molecule has 4 aromatic rings. The first-order valence-corrected chi connectivity index (χ1v) is 10.4. The fourth-order valence-corrected chi connectivity index (χ4v) is 3.18. The lowest BCUT2D eigenvalue weighted by Gasteiger charge is -2.08. The summed E-state index contributed by atoms with van der Waals surface area (Å²) in [6.45, 7) is 0.241. The molecule has 10 heteroatoms. The second-order valence-corrected chi connectivity index (χ2v) is 7.38. The molecule has 0 bridgehead atoms. The number of aromatic nitrogens is 4. The first kappa shape index (κ1) is 22.7. The van der Waals surface area contributed by atoms with Crippen LogP contribution in [0.5, 0.6) is 0 Å². The van der Waals surface area contributed by atoms with Crippen LogP contribution >= 0.6 is 0 Å². The van der Waals surface area contributed by atoms with Gasteiger partial charge in [-0.15, -0.1) is 10.2 Å². The number of nitrogens with zero attached hydrogens (tertiary/aromatic N) is 4. The van der Waals surface area contributed by atoms with Crippen molar-refractivity contribution in [1.82, 2.24) is 25.5 Å². The molecule has 8 nitrogen and oxygen atoms in total. The lowest BCUT2D eigenvalue weighted by Crippen LogP contribution is -2.30. The third-order valence-electron chi connectivity index (χ3n) is 4.91. The summed E-state index contributed by atoms with van der Waals surface area (Å²) < 4.78 is 26.1. The number of hydrogen-bond acceptors (Lipinski definition) is 5. The van der Waals surface area contributed by atoms with Crippen molar-refractivity contribution in [3.05, 3.63) is 95.6 Å². The fourth-order valence-electron chi connectivity index (χ4n) is 3.18. The largest absolute Gasteiger partial charge is 0.354 e. The average molecular weight is 462 g/mol. The molecule has 0 fully saturated rings. The molecule has 0 atom stereocenters. The molecule has 0 saturated heterocycles. The molecular formula is C24H20F2N6O2. The van der Waals surface area contributed by atoms with Crippen molar-refractivity contribution in [1.29, 1.82) is 0 Å². The fraction of sp³-hybridized carbons (Fsp3) is 0.125. The van der Waals surface area contributed by atoms with Crippen molar-refractivity contribution in [2.45, 2.75) is 13.0 Å². The number of hydrogen-bond donors (Lipinski definition) is 2. The predicted octanol–water partition coefficient (Wildman–Crippen LogP) is 3.23. The Balaban J connectivity index is 1.37. The summed E-state index contributed by atoms with van der Waals surface area (Å²) in [5, 5.41) is 17.7. The Morgan fingerprint density at radius 3 is 2.29 bits per heavy atom. The molecule has 172 valence electrons. The van der Waals surface area contributed by atoms with Crippen LogP contribution in [0.4, 0.5) is 14.5 Å². The first-order chi connectivity index (χ1) is 16.5. The third kappa shape index (κ3) is 5.85. The smallest absolute Gasteiger partial charge is 0.255 e. The highest BCUT2D eigenvalue weighted by Crippen LogP contribution is 2.24. The summed E-state index contributed by atoms with van der Waals surface area (Å²) in [5.74, 6) is -1.23. The number of anilines is 1. The van der Waals surface area contributed by atoms with E-state index < -0.39 is 11.7 Å². The van der Waals surface area contributed by atoms with Gasteiger partial charge < -0.3 is 10.6 Å². The highest BCUT2D eigenvalue weighted by molar-refractivity contribution is 6.06. The van der Waals surface area contributed by atoms with E-state index in [4.69, 9.17) is 0 Å². The number of halogens is 2. The number of nitrogens with one attached hydrogen (secondary N) is 2. The Labute approximate surface area is 193 Å². The highest BCUT2D eigenvalue weighted by atomic mass is 19.1. The van der Waals surface area contributed by atoms with E-state index in [0.29, 0.717) is 29.8 Å². The summed E-state index contributed by atoms with van der Waals surface area (Å²) in [6.07, 6.45) is 0.559.